The average molecular weight is 360 g/mol. The van der Waals surface area contributed by atoms with Gasteiger partial charge in [-0.25, -0.2) is 9.18 Å². The lowest BCUT2D eigenvalue weighted by atomic mass is 10.1. The first-order valence-electron chi connectivity index (χ1n) is 8.40. The van der Waals surface area contributed by atoms with Crippen molar-refractivity contribution >= 4 is 17.7 Å². The third-order valence-corrected chi connectivity index (χ3v) is 4.69. The van der Waals surface area contributed by atoms with Crippen LogP contribution < -0.4 is 5.32 Å². The molecule has 136 valence electrons. The lowest BCUT2D eigenvalue weighted by Gasteiger charge is -2.17. The van der Waals surface area contributed by atoms with Gasteiger partial charge in [0, 0.05) is 24.7 Å². The molecule has 2 heterocycles. The zero-order chi connectivity index (χ0) is 18.3. The zero-order valence-corrected chi connectivity index (χ0v) is 13.8. The van der Waals surface area contributed by atoms with E-state index in [-0.39, 0.29) is 18.2 Å². The fourth-order valence-corrected chi connectivity index (χ4v) is 3.06. The lowest BCUT2D eigenvalue weighted by Crippen LogP contribution is -2.33. The van der Waals surface area contributed by atoms with Crippen LogP contribution in [0.5, 0.6) is 0 Å². The number of halogens is 1. The Hall–Kier alpha value is -3.04. The molecule has 0 bridgehead atoms. The zero-order valence-electron chi connectivity index (χ0n) is 13.8. The highest BCUT2D eigenvalue weighted by molar-refractivity contribution is 5.90. The normalized spacial score (nSPS) is 19.6. The molecule has 1 saturated heterocycles. The Morgan fingerprint density at radius 1 is 1.27 bits per heavy atom. The van der Waals surface area contributed by atoms with Gasteiger partial charge < -0.3 is 15.3 Å². The first-order chi connectivity index (χ1) is 12.5. The van der Waals surface area contributed by atoms with Gasteiger partial charge in [-0.15, -0.1) is 5.10 Å². The second-order valence-corrected chi connectivity index (χ2v) is 6.59. The van der Waals surface area contributed by atoms with Gasteiger partial charge in [0.05, 0.1) is 5.92 Å². The highest BCUT2D eigenvalue weighted by atomic mass is 19.1. The van der Waals surface area contributed by atoms with Crippen LogP contribution in [-0.4, -0.2) is 55.3 Å². The third kappa shape index (κ3) is 3.09. The molecule has 1 aromatic heterocycles. The fourth-order valence-electron chi connectivity index (χ4n) is 3.06. The molecule has 0 spiro atoms. The fraction of sp³-hybridized carbons (Fsp3) is 0.438. The van der Waals surface area contributed by atoms with Crippen LogP contribution in [0.2, 0.25) is 0 Å². The minimum atomic E-state index is -0.907. The second-order valence-electron chi connectivity index (χ2n) is 6.59. The maximum atomic E-state index is 14.3. The summed E-state index contributed by atoms with van der Waals surface area (Å²) in [6, 6.07) is 3.75. The summed E-state index contributed by atoms with van der Waals surface area (Å²) in [4.78, 5) is 24.8. The molecular formula is C16H17FN6O3. The Morgan fingerprint density at radius 3 is 2.77 bits per heavy atom. The number of tetrazole rings is 1. The Labute approximate surface area is 147 Å². The molecule has 26 heavy (non-hydrogen) atoms. The topological polar surface area (TPSA) is 113 Å². The maximum absolute atomic E-state index is 14.3. The third-order valence-electron chi connectivity index (χ3n) is 4.69. The highest BCUT2D eigenvalue weighted by Crippen LogP contribution is 2.39. The summed E-state index contributed by atoms with van der Waals surface area (Å²) < 4.78 is 15.6. The van der Waals surface area contributed by atoms with E-state index in [1.165, 1.54) is 27.8 Å². The SMILES string of the molecule is O=C(O)C1CCN(C(=O)Nc2ccc(F)c(-n3nnnc3C3CC3)c2)C1. The van der Waals surface area contributed by atoms with Gasteiger partial charge in [-0.1, -0.05) is 0 Å². The van der Waals surface area contributed by atoms with Crippen LogP contribution in [0, 0.1) is 11.7 Å². The summed E-state index contributed by atoms with van der Waals surface area (Å²) in [5.41, 5.74) is 0.557. The van der Waals surface area contributed by atoms with Crippen LogP contribution in [0.15, 0.2) is 18.2 Å². The van der Waals surface area contributed by atoms with Gasteiger partial charge in [-0.2, -0.15) is 4.68 Å². The number of carbonyl (C=O) groups excluding carboxylic acids is 1. The average Bonchev–Trinajstić information content (AvgIpc) is 3.14. The molecule has 1 saturated carbocycles. The largest absolute Gasteiger partial charge is 0.481 e. The number of aromatic nitrogens is 4. The van der Waals surface area contributed by atoms with Crippen LogP contribution >= 0.6 is 0 Å². The summed E-state index contributed by atoms with van der Waals surface area (Å²) in [5.74, 6) is -1.11. The van der Waals surface area contributed by atoms with Crippen molar-refractivity contribution in [2.75, 3.05) is 18.4 Å². The van der Waals surface area contributed by atoms with E-state index in [9.17, 15) is 14.0 Å². The Morgan fingerprint density at radius 2 is 2.08 bits per heavy atom. The number of hydrogen-bond acceptors (Lipinski definition) is 5. The van der Waals surface area contributed by atoms with Crippen molar-refractivity contribution < 1.29 is 19.1 Å². The number of likely N-dealkylation sites (tertiary alicyclic amines) is 1. The van der Waals surface area contributed by atoms with Crippen LogP contribution in [0.25, 0.3) is 5.69 Å². The Kier molecular flexibility index (Phi) is 4.02. The quantitative estimate of drug-likeness (QED) is 0.856. The van der Waals surface area contributed by atoms with Crippen molar-refractivity contribution in [3.8, 4) is 5.69 Å². The van der Waals surface area contributed by atoms with Gasteiger partial charge in [-0.05, 0) is 47.9 Å². The molecule has 2 aromatic rings. The molecule has 2 aliphatic rings. The number of carboxylic acid groups (broad SMARTS) is 1. The number of urea groups is 1. The molecular weight excluding hydrogens is 343 g/mol. The van der Waals surface area contributed by atoms with Gasteiger partial charge in [-0.3, -0.25) is 4.79 Å². The molecule has 1 aliphatic carbocycles. The summed E-state index contributed by atoms with van der Waals surface area (Å²) in [6.45, 7) is 0.531. The number of nitrogens with zero attached hydrogens (tertiary/aromatic N) is 5. The predicted octanol–water partition coefficient (Wildman–Crippen LogP) is 1.62. The number of anilines is 1. The standard InChI is InChI=1S/C16H17FN6O3/c17-12-4-3-11(18-16(26)22-6-5-10(8-22)15(24)25)7-13(12)23-14(9-1-2-9)19-20-21-23/h3-4,7,9-10H,1-2,5-6,8H2,(H,18,26)(H,24,25). The van der Waals surface area contributed by atoms with Crippen molar-refractivity contribution in [1.29, 1.82) is 0 Å². The van der Waals surface area contributed by atoms with E-state index in [1.807, 2.05) is 0 Å². The molecule has 9 nitrogen and oxygen atoms in total. The Bertz CT molecular complexity index is 865. The van der Waals surface area contributed by atoms with Crippen LogP contribution in [0.4, 0.5) is 14.9 Å². The van der Waals surface area contributed by atoms with E-state index in [1.54, 1.807) is 0 Å². The predicted molar refractivity (Wildman–Crippen MR) is 87.4 cm³/mol. The minimum absolute atomic E-state index is 0.161. The first kappa shape index (κ1) is 16.4. The van der Waals surface area contributed by atoms with Gasteiger partial charge in [0.1, 0.15) is 11.5 Å². The summed E-state index contributed by atoms with van der Waals surface area (Å²) in [7, 11) is 0. The smallest absolute Gasteiger partial charge is 0.321 e. The second kappa shape index (κ2) is 6.36. The van der Waals surface area contributed by atoms with Crippen molar-refractivity contribution in [1.82, 2.24) is 25.1 Å². The number of rotatable bonds is 4. The van der Waals surface area contributed by atoms with Gasteiger partial charge in [0.2, 0.25) is 0 Å². The maximum Gasteiger partial charge on any atom is 0.321 e. The molecule has 1 aromatic carbocycles. The van der Waals surface area contributed by atoms with Crippen LogP contribution in [0.1, 0.15) is 31.0 Å². The number of carboxylic acids is 1. The van der Waals surface area contributed by atoms with Crippen molar-refractivity contribution in [2.24, 2.45) is 5.92 Å². The van der Waals surface area contributed by atoms with E-state index < -0.39 is 23.7 Å². The monoisotopic (exact) mass is 360 g/mol. The van der Waals surface area contributed by atoms with Crippen molar-refractivity contribution in [3.63, 3.8) is 0 Å². The van der Waals surface area contributed by atoms with Crippen molar-refractivity contribution in [3.05, 3.63) is 29.8 Å². The Balaban J connectivity index is 1.52. The number of benzene rings is 1. The molecule has 4 rings (SSSR count). The molecule has 1 unspecified atom stereocenters. The van der Waals surface area contributed by atoms with E-state index in [4.69, 9.17) is 5.11 Å². The number of hydrogen-bond donors (Lipinski definition) is 2. The molecule has 0 radical (unpaired) electrons. The van der Waals surface area contributed by atoms with Gasteiger partial charge in [0.25, 0.3) is 0 Å². The molecule has 2 amide bonds. The number of nitrogens with one attached hydrogen (secondary N) is 1. The molecule has 1 atom stereocenters. The summed E-state index contributed by atoms with van der Waals surface area (Å²) >= 11 is 0. The van der Waals surface area contributed by atoms with Crippen LogP contribution in [-0.2, 0) is 4.79 Å². The molecule has 10 heteroatoms. The van der Waals surface area contributed by atoms with Gasteiger partial charge in [0.15, 0.2) is 5.82 Å². The number of aliphatic carboxylic acids is 1. The first-order valence-corrected chi connectivity index (χ1v) is 8.40. The van der Waals surface area contributed by atoms with Gasteiger partial charge >= 0.3 is 12.0 Å². The van der Waals surface area contributed by atoms with Crippen LogP contribution in [0.3, 0.4) is 0 Å². The molecule has 1 aliphatic heterocycles. The van der Waals surface area contributed by atoms with Crippen molar-refractivity contribution in [2.45, 2.75) is 25.2 Å². The van der Waals surface area contributed by atoms with E-state index in [0.29, 0.717) is 24.5 Å². The molecule has 2 fully saturated rings. The van der Waals surface area contributed by atoms with E-state index >= 15 is 0 Å². The van der Waals surface area contributed by atoms with E-state index in [2.05, 4.69) is 20.8 Å². The van der Waals surface area contributed by atoms with E-state index in [0.717, 1.165) is 12.8 Å². The summed E-state index contributed by atoms with van der Waals surface area (Å²) in [6.07, 6.45) is 2.36. The summed E-state index contributed by atoms with van der Waals surface area (Å²) in [5, 5.41) is 23.2. The molecule has 2 N–H and O–H groups in total. The lowest BCUT2D eigenvalue weighted by molar-refractivity contribution is -0.141. The number of amides is 2. The highest BCUT2D eigenvalue weighted by Gasteiger charge is 2.32. The minimum Gasteiger partial charge on any atom is -0.481 e. The number of carbonyl (C=O) groups is 2.